The lowest BCUT2D eigenvalue weighted by atomic mass is 10.1. The lowest BCUT2D eigenvalue weighted by Gasteiger charge is -2.31. The van der Waals surface area contributed by atoms with Crippen LogP contribution < -0.4 is 0 Å². The lowest BCUT2D eigenvalue weighted by Crippen LogP contribution is -2.43. The van der Waals surface area contributed by atoms with E-state index in [2.05, 4.69) is 11.9 Å². The first-order valence-electron chi connectivity index (χ1n) is 10.1. The molecule has 5 nitrogen and oxygen atoms in total. The van der Waals surface area contributed by atoms with Crippen LogP contribution in [0.15, 0.2) is 66.9 Å². The van der Waals surface area contributed by atoms with Gasteiger partial charge in [-0.15, -0.1) is 0 Å². The molecule has 0 N–H and O–H groups in total. The smallest absolute Gasteiger partial charge is 0.256 e. The molecule has 0 spiro atoms. The zero-order valence-electron chi connectivity index (χ0n) is 16.6. The standard InChI is InChI=1S/C24H25N3O2/c1-2-20-17-26(15-13-22(28)27(20)16-18-8-4-3-5-9-18)24(29)21-12-6-10-19-11-7-14-25-23(19)21/h3-12,14,20H,2,13,15-17H2,1H3. The summed E-state index contributed by atoms with van der Waals surface area (Å²) >= 11 is 0. The zero-order chi connectivity index (χ0) is 20.2. The molecule has 1 fully saturated rings. The maximum atomic E-state index is 13.4. The van der Waals surface area contributed by atoms with Crippen LogP contribution in [0.1, 0.15) is 35.7 Å². The molecule has 3 aromatic rings. The van der Waals surface area contributed by atoms with Crippen LogP contribution in [0, 0.1) is 0 Å². The monoisotopic (exact) mass is 387 g/mol. The second kappa shape index (κ2) is 8.43. The molecule has 2 aromatic carbocycles. The largest absolute Gasteiger partial charge is 0.336 e. The van der Waals surface area contributed by atoms with Crippen molar-refractivity contribution in [2.45, 2.75) is 32.4 Å². The molecule has 1 aliphatic heterocycles. The molecule has 0 aliphatic carbocycles. The van der Waals surface area contributed by atoms with Crippen molar-refractivity contribution in [2.75, 3.05) is 13.1 Å². The maximum absolute atomic E-state index is 13.4. The molecule has 4 rings (SSSR count). The Kier molecular flexibility index (Phi) is 5.56. The van der Waals surface area contributed by atoms with Crippen molar-refractivity contribution in [1.29, 1.82) is 0 Å². The van der Waals surface area contributed by atoms with Crippen molar-refractivity contribution in [2.24, 2.45) is 0 Å². The van der Waals surface area contributed by atoms with E-state index in [1.54, 1.807) is 6.20 Å². The van der Waals surface area contributed by atoms with Gasteiger partial charge in [-0.25, -0.2) is 0 Å². The average molecular weight is 387 g/mol. The van der Waals surface area contributed by atoms with Crippen LogP contribution in [0.2, 0.25) is 0 Å². The quantitative estimate of drug-likeness (QED) is 0.682. The Morgan fingerprint density at radius 2 is 1.86 bits per heavy atom. The Hall–Kier alpha value is -3.21. The summed E-state index contributed by atoms with van der Waals surface area (Å²) in [6, 6.07) is 19.5. The highest BCUT2D eigenvalue weighted by atomic mass is 16.2. The van der Waals surface area contributed by atoms with Crippen molar-refractivity contribution in [3.63, 3.8) is 0 Å². The van der Waals surface area contributed by atoms with Crippen LogP contribution in [0.3, 0.4) is 0 Å². The van der Waals surface area contributed by atoms with Crippen molar-refractivity contribution in [1.82, 2.24) is 14.8 Å². The number of hydrogen-bond donors (Lipinski definition) is 0. The van der Waals surface area contributed by atoms with Gasteiger partial charge in [-0.1, -0.05) is 55.5 Å². The summed E-state index contributed by atoms with van der Waals surface area (Å²) in [5.41, 5.74) is 2.42. The summed E-state index contributed by atoms with van der Waals surface area (Å²) in [5, 5.41) is 0.946. The third kappa shape index (κ3) is 3.99. The van der Waals surface area contributed by atoms with E-state index in [0.717, 1.165) is 17.4 Å². The van der Waals surface area contributed by atoms with E-state index in [9.17, 15) is 9.59 Å². The first kappa shape index (κ1) is 19.1. The first-order chi connectivity index (χ1) is 14.2. The average Bonchev–Trinajstić information content (AvgIpc) is 2.92. The SMILES string of the molecule is CCC1CN(C(=O)c2cccc3cccnc23)CCC(=O)N1Cc1ccccc1. The number of pyridine rings is 1. The minimum atomic E-state index is -0.0536. The van der Waals surface area contributed by atoms with Crippen molar-refractivity contribution < 1.29 is 9.59 Å². The summed E-state index contributed by atoms with van der Waals surface area (Å²) in [5.74, 6) is 0.0501. The summed E-state index contributed by atoms with van der Waals surface area (Å²) < 4.78 is 0. The van der Waals surface area contributed by atoms with Crippen molar-refractivity contribution in [3.8, 4) is 0 Å². The molecule has 1 saturated heterocycles. The van der Waals surface area contributed by atoms with Crippen LogP contribution in [-0.4, -0.2) is 45.7 Å². The van der Waals surface area contributed by atoms with Crippen LogP contribution in [0.4, 0.5) is 0 Å². The Bertz CT molecular complexity index is 1010. The zero-order valence-corrected chi connectivity index (χ0v) is 16.6. The van der Waals surface area contributed by atoms with Gasteiger partial charge in [-0.2, -0.15) is 0 Å². The number of rotatable bonds is 4. The second-order valence-electron chi connectivity index (χ2n) is 7.45. The van der Waals surface area contributed by atoms with E-state index < -0.39 is 0 Å². The molecule has 1 aromatic heterocycles. The molecule has 29 heavy (non-hydrogen) atoms. The fraction of sp³-hybridized carbons (Fsp3) is 0.292. The molecule has 1 atom stereocenters. The molecule has 0 radical (unpaired) electrons. The summed E-state index contributed by atoms with van der Waals surface area (Å²) in [7, 11) is 0. The van der Waals surface area contributed by atoms with E-state index in [1.165, 1.54) is 0 Å². The minimum Gasteiger partial charge on any atom is -0.336 e. The van der Waals surface area contributed by atoms with E-state index >= 15 is 0 Å². The van der Waals surface area contributed by atoms with Crippen LogP contribution in [-0.2, 0) is 11.3 Å². The number of aromatic nitrogens is 1. The predicted molar refractivity (Wildman–Crippen MR) is 113 cm³/mol. The molecule has 1 aliphatic rings. The molecule has 1 unspecified atom stereocenters. The molecule has 2 amide bonds. The van der Waals surface area contributed by atoms with Gasteiger partial charge in [0.15, 0.2) is 0 Å². The van der Waals surface area contributed by atoms with Gasteiger partial charge in [0.1, 0.15) is 0 Å². The molecule has 0 saturated carbocycles. The fourth-order valence-corrected chi connectivity index (χ4v) is 4.00. The summed E-state index contributed by atoms with van der Waals surface area (Å²) in [6.45, 7) is 3.62. The highest BCUT2D eigenvalue weighted by Gasteiger charge is 2.31. The Balaban J connectivity index is 1.59. The second-order valence-corrected chi connectivity index (χ2v) is 7.45. The number of fused-ring (bicyclic) bond motifs is 1. The number of hydrogen-bond acceptors (Lipinski definition) is 3. The highest BCUT2D eigenvalue weighted by molar-refractivity contribution is 6.05. The summed E-state index contributed by atoms with van der Waals surface area (Å²) in [6.07, 6.45) is 2.85. The third-order valence-corrected chi connectivity index (χ3v) is 5.61. The Morgan fingerprint density at radius 1 is 1.07 bits per heavy atom. The van der Waals surface area contributed by atoms with Gasteiger partial charge in [0, 0.05) is 43.7 Å². The molecule has 2 heterocycles. The molecular weight excluding hydrogens is 362 g/mol. The van der Waals surface area contributed by atoms with Gasteiger partial charge < -0.3 is 9.80 Å². The van der Waals surface area contributed by atoms with Gasteiger partial charge in [0.05, 0.1) is 11.1 Å². The van der Waals surface area contributed by atoms with E-state index in [1.807, 2.05) is 70.5 Å². The molecule has 148 valence electrons. The molecule has 0 bridgehead atoms. The van der Waals surface area contributed by atoms with Crippen LogP contribution >= 0.6 is 0 Å². The highest BCUT2D eigenvalue weighted by Crippen LogP contribution is 2.22. The number of amides is 2. The first-order valence-corrected chi connectivity index (χ1v) is 10.1. The number of carbonyl (C=O) groups is 2. The van der Waals surface area contributed by atoms with E-state index in [4.69, 9.17) is 0 Å². The van der Waals surface area contributed by atoms with Gasteiger partial charge in [-0.05, 0) is 24.1 Å². The maximum Gasteiger partial charge on any atom is 0.256 e. The van der Waals surface area contributed by atoms with E-state index in [-0.39, 0.29) is 17.9 Å². The minimum absolute atomic E-state index is 0.00269. The number of nitrogens with zero attached hydrogens (tertiary/aromatic N) is 3. The predicted octanol–water partition coefficient (Wildman–Crippen LogP) is 3.89. The van der Waals surface area contributed by atoms with Crippen LogP contribution in [0.25, 0.3) is 10.9 Å². The normalized spacial score (nSPS) is 17.4. The van der Waals surface area contributed by atoms with Crippen molar-refractivity contribution in [3.05, 3.63) is 78.0 Å². The van der Waals surface area contributed by atoms with Crippen LogP contribution in [0.5, 0.6) is 0 Å². The summed E-state index contributed by atoms with van der Waals surface area (Å²) in [4.78, 5) is 34.4. The third-order valence-electron chi connectivity index (χ3n) is 5.61. The molecular formula is C24H25N3O2. The number of para-hydroxylation sites is 1. The van der Waals surface area contributed by atoms with Gasteiger partial charge >= 0.3 is 0 Å². The van der Waals surface area contributed by atoms with Gasteiger partial charge in [-0.3, -0.25) is 14.6 Å². The Morgan fingerprint density at radius 3 is 2.66 bits per heavy atom. The van der Waals surface area contributed by atoms with Gasteiger partial charge in [0.25, 0.3) is 5.91 Å². The van der Waals surface area contributed by atoms with E-state index in [0.29, 0.717) is 37.1 Å². The topological polar surface area (TPSA) is 53.5 Å². The van der Waals surface area contributed by atoms with Crippen molar-refractivity contribution >= 4 is 22.7 Å². The number of benzene rings is 2. The fourth-order valence-electron chi connectivity index (χ4n) is 4.00. The lowest BCUT2D eigenvalue weighted by molar-refractivity contribution is -0.133. The molecule has 5 heteroatoms. The van der Waals surface area contributed by atoms with Gasteiger partial charge in [0.2, 0.25) is 5.91 Å². The number of carbonyl (C=O) groups excluding carboxylic acids is 2. The Labute approximate surface area is 171 Å².